The number of thiol groups is 1. The fourth-order valence-corrected chi connectivity index (χ4v) is 2.44. The molecule has 1 heterocycles. The zero-order valence-electron chi connectivity index (χ0n) is 16.0. The zero-order chi connectivity index (χ0) is 22.7. The van der Waals surface area contributed by atoms with Gasteiger partial charge in [0.25, 0.3) is 0 Å². The molecule has 0 aliphatic heterocycles. The number of aromatic nitrogens is 2. The molecule has 0 aromatic carbocycles. The topological polar surface area (TPSA) is 222 Å². The number of amides is 4. The van der Waals surface area contributed by atoms with E-state index in [2.05, 4.69) is 38.5 Å². The van der Waals surface area contributed by atoms with Gasteiger partial charge in [-0.3, -0.25) is 19.2 Å². The summed E-state index contributed by atoms with van der Waals surface area (Å²) in [6.45, 7) is -0.548. The largest absolute Gasteiger partial charge is 0.480 e. The monoisotopic (exact) mass is 443 g/mol. The Bertz CT molecular complexity index is 757. The molecular formula is C16H25N7O6S. The molecule has 14 heteroatoms. The van der Waals surface area contributed by atoms with Crippen molar-refractivity contribution in [2.24, 2.45) is 11.5 Å². The predicted molar refractivity (Wildman–Crippen MR) is 107 cm³/mol. The third kappa shape index (κ3) is 8.91. The van der Waals surface area contributed by atoms with Crippen LogP contribution in [0.5, 0.6) is 0 Å². The first-order valence-electron chi connectivity index (χ1n) is 8.86. The number of rotatable bonds is 13. The molecule has 0 aliphatic carbocycles. The number of carboxylic acid groups (broad SMARTS) is 1. The average Bonchev–Trinajstić information content (AvgIpc) is 3.20. The van der Waals surface area contributed by atoms with Crippen LogP contribution >= 0.6 is 12.6 Å². The second-order valence-electron chi connectivity index (χ2n) is 6.31. The molecule has 0 fully saturated rings. The molecule has 3 atom stereocenters. The Balaban J connectivity index is 2.63. The van der Waals surface area contributed by atoms with Crippen molar-refractivity contribution in [1.82, 2.24) is 25.9 Å². The highest BCUT2D eigenvalue weighted by Gasteiger charge is 2.25. The van der Waals surface area contributed by atoms with Gasteiger partial charge >= 0.3 is 5.97 Å². The van der Waals surface area contributed by atoms with Crippen molar-refractivity contribution in [2.45, 2.75) is 37.4 Å². The summed E-state index contributed by atoms with van der Waals surface area (Å²) in [5.74, 6) is -4.10. The molecule has 0 saturated carbocycles. The number of carbonyl (C=O) groups excluding carboxylic acids is 4. The molecule has 9 N–H and O–H groups in total. The number of hydrogen-bond donors (Lipinski definition) is 8. The number of hydrogen-bond acceptors (Lipinski definition) is 8. The van der Waals surface area contributed by atoms with Crippen molar-refractivity contribution in [3.63, 3.8) is 0 Å². The molecule has 0 spiro atoms. The second kappa shape index (κ2) is 12.4. The van der Waals surface area contributed by atoms with Crippen molar-refractivity contribution < 1.29 is 29.1 Å². The van der Waals surface area contributed by atoms with Gasteiger partial charge in [-0.25, -0.2) is 9.78 Å². The van der Waals surface area contributed by atoms with Crippen LogP contribution in [0, 0.1) is 0 Å². The van der Waals surface area contributed by atoms with E-state index in [-0.39, 0.29) is 25.0 Å². The third-order valence-corrected chi connectivity index (χ3v) is 4.27. The maximum absolute atomic E-state index is 12.3. The SMILES string of the molecule is NC(=O)CCC(NC(=O)C(N)CS)C(=O)NCC(=O)NC(Cc1cnc[nH]1)C(=O)O. The van der Waals surface area contributed by atoms with Gasteiger partial charge in [0.05, 0.1) is 18.9 Å². The highest BCUT2D eigenvalue weighted by Crippen LogP contribution is 2.00. The maximum atomic E-state index is 12.3. The highest BCUT2D eigenvalue weighted by molar-refractivity contribution is 7.80. The van der Waals surface area contributed by atoms with Crippen LogP contribution in [-0.2, 0) is 30.4 Å². The number of nitrogens with one attached hydrogen (secondary N) is 4. The van der Waals surface area contributed by atoms with Gasteiger partial charge in [0.15, 0.2) is 0 Å². The normalized spacial score (nSPS) is 13.5. The number of carboxylic acids is 1. The standard InChI is InChI=1S/C16H25N7O6S/c17-9(6-30)14(26)23-10(1-2-12(18)24)15(27)20-5-13(25)22-11(16(28)29)3-8-4-19-7-21-8/h4,7,9-11,30H,1-3,5-6,17H2,(H2,18,24)(H,19,21)(H,20,27)(H,22,25)(H,23,26)(H,28,29). The van der Waals surface area contributed by atoms with E-state index in [1.165, 1.54) is 12.5 Å². The van der Waals surface area contributed by atoms with Crippen LogP contribution in [0.25, 0.3) is 0 Å². The Morgan fingerprint density at radius 3 is 2.40 bits per heavy atom. The lowest BCUT2D eigenvalue weighted by molar-refractivity contribution is -0.141. The average molecular weight is 443 g/mol. The first kappa shape index (κ1) is 24.9. The fraction of sp³-hybridized carbons (Fsp3) is 0.500. The van der Waals surface area contributed by atoms with Crippen LogP contribution in [-0.4, -0.2) is 75.1 Å². The summed E-state index contributed by atoms with van der Waals surface area (Å²) >= 11 is 3.89. The van der Waals surface area contributed by atoms with Crippen LogP contribution < -0.4 is 27.4 Å². The minimum absolute atomic E-state index is 0.0330. The Morgan fingerprint density at radius 1 is 1.17 bits per heavy atom. The quantitative estimate of drug-likeness (QED) is 0.143. The lowest BCUT2D eigenvalue weighted by atomic mass is 10.1. The molecular weight excluding hydrogens is 418 g/mol. The van der Waals surface area contributed by atoms with Gasteiger partial charge in [0, 0.05) is 30.5 Å². The number of imidazole rings is 1. The predicted octanol–water partition coefficient (Wildman–Crippen LogP) is -3.35. The molecule has 4 amide bonds. The van der Waals surface area contributed by atoms with E-state index < -0.39 is 54.3 Å². The number of aliphatic carboxylic acids is 1. The second-order valence-corrected chi connectivity index (χ2v) is 6.68. The molecule has 13 nitrogen and oxygen atoms in total. The number of carbonyl (C=O) groups is 5. The number of primary amides is 1. The summed E-state index contributed by atoms with van der Waals surface area (Å²) in [6.07, 6.45) is 2.47. The summed E-state index contributed by atoms with van der Waals surface area (Å²) in [6, 6.07) is -3.38. The van der Waals surface area contributed by atoms with E-state index in [1.807, 2.05) is 0 Å². The molecule has 1 rings (SSSR count). The van der Waals surface area contributed by atoms with Gasteiger partial charge in [-0.05, 0) is 6.42 Å². The molecule has 1 aromatic rings. The highest BCUT2D eigenvalue weighted by atomic mass is 32.1. The van der Waals surface area contributed by atoms with Gasteiger partial charge in [-0.1, -0.05) is 0 Å². The fourth-order valence-electron chi connectivity index (χ4n) is 2.27. The first-order valence-corrected chi connectivity index (χ1v) is 9.49. The molecule has 3 unspecified atom stereocenters. The van der Waals surface area contributed by atoms with Crippen molar-refractivity contribution >= 4 is 42.2 Å². The molecule has 0 radical (unpaired) electrons. The molecule has 166 valence electrons. The van der Waals surface area contributed by atoms with Crippen LogP contribution in [0.3, 0.4) is 0 Å². The number of aromatic amines is 1. The first-order chi connectivity index (χ1) is 14.1. The summed E-state index contributed by atoms with van der Waals surface area (Å²) in [7, 11) is 0. The minimum Gasteiger partial charge on any atom is -0.480 e. The van der Waals surface area contributed by atoms with Gasteiger partial charge in [-0.15, -0.1) is 0 Å². The van der Waals surface area contributed by atoms with E-state index in [1.54, 1.807) is 0 Å². The Labute approximate surface area is 177 Å². The summed E-state index contributed by atoms with van der Waals surface area (Å²) in [5.41, 5.74) is 11.1. The lowest BCUT2D eigenvalue weighted by Crippen LogP contribution is -2.54. The molecule has 0 saturated heterocycles. The van der Waals surface area contributed by atoms with Crippen LogP contribution in [0.4, 0.5) is 0 Å². The molecule has 0 bridgehead atoms. The smallest absolute Gasteiger partial charge is 0.326 e. The van der Waals surface area contributed by atoms with Crippen LogP contribution in [0.1, 0.15) is 18.5 Å². The zero-order valence-corrected chi connectivity index (χ0v) is 16.9. The van der Waals surface area contributed by atoms with Crippen LogP contribution in [0.15, 0.2) is 12.5 Å². The number of H-pyrrole nitrogens is 1. The number of nitrogens with two attached hydrogens (primary N) is 2. The van der Waals surface area contributed by atoms with Gasteiger partial charge in [0.1, 0.15) is 12.1 Å². The van der Waals surface area contributed by atoms with Gasteiger partial charge < -0.3 is 37.5 Å². The Kier molecular flexibility index (Phi) is 10.3. The molecule has 0 aliphatic rings. The van der Waals surface area contributed by atoms with Crippen molar-refractivity contribution in [1.29, 1.82) is 0 Å². The van der Waals surface area contributed by atoms with Crippen molar-refractivity contribution in [2.75, 3.05) is 12.3 Å². The summed E-state index contributed by atoms with van der Waals surface area (Å²) < 4.78 is 0. The van der Waals surface area contributed by atoms with Crippen molar-refractivity contribution in [3.05, 3.63) is 18.2 Å². The van der Waals surface area contributed by atoms with Gasteiger partial charge in [-0.2, -0.15) is 12.6 Å². The lowest BCUT2D eigenvalue weighted by Gasteiger charge is -2.20. The van der Waals surface area contributed by atoms with E-state index in [9.17, 15) is 29.1 Å². The minimum atomic E-state index is -1.27. The summed E-state index contributed by atoms with van der Waals surface area (Å²) in [4.78, 5) is 65.1. The van der Waals surface area contributed by atoms with E-state index >= 15 is 0 Å². The number of nitrogens with zero attached hydrogens (tertiary/aromatic N) is 1. The van der Waals surface area contributed by atoms with Crippen molar-refractivity contribution in [3.8, 4) is 0 Å². The third-order valence-electron chi connectivity index (χ3n) is 3.88. The summed E-state index contributed by atoms with van der Waals surface area (Å²) in [5, 5.41) is 16.2. The van der Waals surface area contributed by atoms with E-state index in [0.29, 0.717) is 5.69 Å². The molecule has 1 aromatic heterocycles. The maximum Gasteiger partial charge on any atom is 0.326 e. The molecule has 30 heavy (non-hydrogen) atoms. The Hall–Kier alpha value is -3.13. The Morgan fingerprint density at radius 2 is 1.87 bits per heavy atom. The van der Waals surface area contributed by atoms with E-state index in [4.69, 9.17) is 11.5 Å². The van der Waals surface area contributed by atoms with Gasteiger partial charge in [0.2, 0.25) is 23.6 Å². The van der Waals surface area contributed by atoms with E-state index in [0.717, 1.165) is 0 Å². The van der Waals surface area contributed by atoms with Crippen LogP contribution in [0.2, 0.25) is 0 Å².